The molecule has 1 saturated carbocycles. The van der Waals surface area contributed by atoms with Crippen LogP contribution < -0.4 is 10.6 Å². The van der Waals surface area contributed by atoms with Crippen LogP contribution >= 0.6 is 23.1 Å². The predicted molar refractivity (Wildman–Crippen MR) is 156 cm³/mol. The third-order valence-corrected chi connectivity index (χ3v) is 10.1. The maximum absolute atomic E-state index is 13.3. The van der Waals surface area contributed by atoms with E-state index in [1.807, 2.05) is 48.2 Å². The molecule has 2 aromatic carbocycles. The molecule has 1 aliphatic carbocycles. The van der Waals surface area contributed by atoms with Crippen LogP contribution in [0.25, 0.3) is 21.2 Å². The van der Waals surface area contributed by atoms with Crippen molar-refractivity contribution in [3.63, 3.8) is 0 Å². The lowest BCUT2D eigenvalue weighted by Crippen LogP contribution is -2.37. The highest BCUT2D eigenvalue weighted by Crippen LogP contribution is 2.40. The lowest BCUT2D eigenvalue weighted by atomic mass is 9.85. The van der Waals surface area contributed by atoms with Crippen molar-refractivity contribution >= 4 is 39.8 Å². The Hall–Kier alpha value is -2.10. The van der Waals surface area contributed by atoms with Crippen LogP contribution in [-0.2, 0) is 6.42 Å². The van der Waals surface area contributed by atoms with Crippen molar-refractivity contribution in [2.45, 2.75) is 76.6 Å². The maximum atomic E-state index is 13.3. The van der Waals surface area contributed by atoms with Crippen molar-refractivity contribution in [3.05, 3.63) is 52.7 Å². The zero-order valence-electron chi connectivity index (χ0n) is 22.3. The quantitative estimate of drug-likeness (QED) is 0.286. The zero-order chi connectivity index (χ0) is 27.4. The highest BCUT2D eigenvalue weighted by atomic mass is 32.2. The number of thiazole rings is 1. The Kier molecular flexibility index (Phi) is 9.19. The molecule has 2 heterocycles. The molecule has 1 amide bonds. The summed E-state index contributed by atoms with van der Waals surface area (Å²) >= 11 is 3.38. The van der Waals surface area contributed by atoms with Gasteiger partial charge in [-0.15, -0.1) is 11.3 Å². The van der Waals surface area contributed by atoms with E-state index in [9.17, 15) is 18.0 Å². The Morgan fingerprint density at radius 2 is 1.74 bits per heavy atom. The fourth-order valence-electron chi connectivity index (χ4n) is 5.83. The van der Waals surface area contributed by atoms with E-state index in [4.69, 9.17) is 4.98 Å². The summed E-state index contributed by atoms with van der Waals surface area (Å²) in [4.78, 5) is 19.2. The first-order valence-corrected chi connectivity index (χ1v) is 16.0. The fraction of sp³-hybridized carbons (Fsp3) is 0.533. The van der Waals surface area contributed by atoms with Crippen molar-refractivity contribution in [2.24, 2.45) is 5.92 Å². The number of nitrogens with one attached hydrogen (secondary N) is 2. The van der Waals surface area contributed by atoms with E-state index in [1.165, 1.54) is 43.4 Å². The molecule has 210 valence electrons. The van der Waals surface area contributed by atoms with Crippen molar-refractivity contribution in [1.29, 1.82) is 0 Å². The highest BCUT2D eigenvalue weighted by molar-refractivity contribution is 7.99. The first kappa shape index (κ1) is 28.4. The lowest BCUT2D eigenvalue weighted by Gasteiger charge is -2.22. The second-order valence-corrected chi connectivity index (χ2v) is 13.1. The standard InChI is InChI=1S/C30H36F3N3OS2/c1-19(34-18-30(31,32)33)22-11-12-25(24-10-6-5-9-23(22)24)27-26(17-20-7-3-2-4-8-20)36-29(39-27)28(37)35-21-13-15-38-16-14-21/h5-6,9-12,19-21,34H,2-4,7-8,13-18H2,1H3,(H,35,37). The van der Waals surface area contributed by atoms with Crippen molar-refractivity contribution < 1.29 is 18.0 Å². The van der Waals surface area contributed by atoms with E-state index in [0.717, 1.165) is 63.2 Å². The van der Waals surface area contributed by atoms with Crippen molar-refractivity contribution in [3.8, 4) is 10.4 Å². The summed E-state index contributed by atoms with van der Waals surface area (Å²) in [6, 6.07) is 11.5. The molecule has 39 heavy (non-hydrogen) atoms. The van der Waals surface area contributed by atoms with Crippen LogP contribution in [-0.4, -0.2) is 41.2 Å². The van der Waals surface area contributed by atoms with Gasteiger partial charge in [-0.05, 0) is 59.9 Å². The van der Waals surface area contributed by atoms with E-state index >= 15 is 0 Å². The number of fused-ring (bicyclic) bond motifs is 1. The molecule has 0 spiro atoms. The zero-order valence-corrected chi connectivity index (χ0v) is 23.9. The molecule has 0 radical (unpaired) electrons. The van der Waals surface area contributed by atoms with Gasteiger partial charge in [-0.2, -0.15) is 24.9 Å². The van der Waals surface area contributed by atoms with Gasteiger partial charge in [0, 0.05) is 17.6 Å². The molecule has 1 aliphatic heterocycles. The smallest absolute Gasteiger partial charge is 0.347 e. The van der Waals surface area contributed by atoms with Gasteiger partial charge < -0.3 is 10.6 Å². The van der Waals surface area contributed by atoms with Crippen LogP contribution in [0.1, 0.15) is 79.0 Å². The van der Waals surface area contributed by atoms with Crippen LogP contribution in [0, 0.1) is 5.92 Å². The molecule has 9 heteroatoms. The van der Waals surface area contributed by atoms with Gasteiger partial charge in [0.25, 0.3) is 5.91 Å². The normalized spacial score (nSPS) is 18.4. The summed E-state index contributed by atoms with van der Waals surface area (Å²) in [5.74, 6) is 2.59. The van der Waals surface area contributed by atoms with E-state index in [-0.39, 0.29) is 11.9 Å². The Labute approximate surface area is 236 Å². The molecule has 5 rings (SSSR count). The molecular weight excluding hydrogens is 539 g/mol. The summed E-state index contributed by atoms with van der Waals surface area (Å²) in [5, 5.41) is 8.23. The van der Waals surface area contributed by atoms with Crippen molar-refractivity contribution in [1.82, 2.24) is 15.6 Å². The molecular formula is C30H36F3N3OS2. The van der Waals surface area contributed by atoms with Crippen LogP contribution in [0.3, 0.4) is 0 Å². The van der Waals surface area contributed by atoms with Crippen LogP contribution in [0.2, 0.25) is 0 Å². The molecule has 4 nitrogen and oxygen atoms in total. The van der Waals surface area contributed by atoms with Gasteiger partial charge in [-0.1, -0.05) is 68.5 Å². The summed E-state index contributed by atoms with van der Waals surface area (Å²) in [5.41, 5.74) is 2.79. The van der Waals surface area contributed by atoms with Gasteiger partial charge in [0.05, 0.1) is 17.1 Å². The summed E-state index contributed by atoms with van der Waals surface area (Å²) < 4.78 is 38.6. The molecule has 1 atom stereocenters. The number of carbonyl (C=O) groups excluding carboxylic acids is 1. The number of carbonyl (C=O) groups is 1. The minimum Gasteiger partial charge on any atom is -0.347 e. The average Bonchev–Trinajstić information content (AvgIpc) is 3.35. The summed E-state index contributed by atoms with van der Waals surface area (Å²) in [6.45, 7) is 0.726. The number of thioether (sulfide) groups is 1. The van der Waals surface area contributed by atoms with E-state index < -0.39 is 18.8 Å². The Balaban J connectivity index is 1.50. The van der Waals surface area contributed by atoms with Gasteiger partial charge in [0.15, 0.2) is 5.01 Å². The number of hydrogen-bond acceptors (Lipinski definition) is 5. The number of hydrogen-bond donors (Lipinski definition) is 2. The van der Waals surface area contributed by atoms with E-state index in [2.05, 4.69) is 10.6 Å². The summed E-state index contributed by atoms with van der Waals surface area (Å²) in [7, 11) is 0. The Bertz CT molecular complexity index is 1280. The number of nitrogens with zero attached hydrogens (tertiary/aromatic N) is 1. The number of benzene rings is 2. The molecule has 1 unspecified atom stereocenters. The third-order valence-electron chi connectivity index (χ3n) is 7.93. The van der Waals surface area contributed by atoms with Gasteiger partial charge >= 0.3 is 6.18 Å². The second-order valence-electron chi connectivity index (χ2n) is 10.8. The van der Waals surface area contributed by atoms with Gasteiger partial charge in [0.2, 0.25) is 0 Å². The van der Waals surface area contributed by atoms with Crippen LogP contribution in [0.15, 0.2) is 36.4 Å². The Morgan fingerprint density at radius 1 is 1.03 bits per heavy atom. The molecule has 2 aliphatic rings. The fourth-order valence-corrected chi connectivity index (χ4v) is 7.97. The summed E-state index contributed by atoms with van der Waals surface area (Å²) in [6.07, 6.45) is 4.65. The van der Waals surface area contributed by atoms with Gasteiger partial charge in [-0.25, -0.2) is 4.98 Å². The van der Waals surface area contributed by atoms with E-state index in [1.54, 1.807) is 6.92 Å². The third kappa shape index (κ3) is 7.16. The number of halogens is 3. The topological polar surface area (TPSA) is 54.0 Å². The van der Waals surface area contributed by atoms with E-state index in [0.29, 0.717) is 10.9 Å². The van der Waals surface area contributed by atoms with Gasteiger partial charge in [-0.3, -0.25) is 4.79 Å². The molecule has 3 aromatic rings. The molecule has 1 saturated heterocycles. The lowest BCUT2D eigenvalue weighted by molar-refractivity contribution is -0.126. The Morgan fingerprint density at radius 3 is 2.46 bits per heavy atom. The number of rotatable bonds is 8. The maximum Gasteiger partial charge on any atom is 0.401 e. The van der Waals surface area contributed by atoms with Crippen molar-refractivity contribution in [2.75, 3.05) is 18.1 Å². The molecule has 1 aromatic heterocycles. The average molecular weight is 576 g/mol. The second kappa shape index (κ2) is 12.6. The van der Waals surface area contributed by atoms with Gasteiger partial charge in [0.1, 0.15) is 0 Å². The highest BCUT2D eigenvalue weighted by Gasteiger charge is 2.29. The largest absolute Gasteiger partial charge is 0.401 e. The predicted octanol–water partition coefficient (Wildman–Crippen LogP) is 7.92. The first-order chi connectivity index (χ1) is 18.8. The number of amides is 1. The monoisotopic (exact) mass is 575 g/mol. The number of alkyl halides is 3. The minimum absolute atomic E-state index is 0.0982. The first-order valence-electron chi connectivity index (χ1n) is 14.0. The number of aromatic nitrogens is 1. The minimum atomic E-state index is -4.27. The molecule has 2 N–H and O–H groups in total. The SMILES string of the molecule is CC(NCC(F)(F)F)c1ccc(-c2sc(C(=O)NC3CCSCC3)nc2CC2CCCCC2)c2ccccc12. The van der Waals surface area contributed by atoms with Crippen LogP contribution in [0.4, 0.5) is 13.2 Å². The molecule has 2 fully saturated rings. The van der Waals surface area contributed by atoms with Crippen LogP contribution in [0.5, 0.6) is 0 Å². The molecule has 0 bridgehead atoms.